The van der Waals surface area contributed by atoms with Gasteiger partial charge in [0.2, 0.25) is 0 Å². The van der Waals surface area contributed by atoms with E-state index >= 15 is 0 Å². The molecule has 0 atom stereocenters. The molecule has 0 saturated carbocycles. The zero-order valence-corrected chi connectivity index (χ0v) is 17.4. The summed E-state index contributed by atoms with van der Waals surface area (Å²) in [5, 5.41) is 3.32. The molecule has 0 aliphatic carbocycles. The van der Waals surface area contributed by atoms with Gasteiger partial charge in [-0.1, -0.05) is 35.9 Å². The summed E-state index contributed by atoms with van der Waals surface area (Å²) in [7, 11) is 0. The number of amides is 1. The summed E-state index contributed by atoms with van der Waals surface area (Å²) in [6.45, 7) is 3.84. The molecule has 4 nitrogen and oxygen atoms in total. The van der Waals surface area contributed by atoms with Crippen molar-refractivity contribution in [3.8, 4) is 10.6 Å². The Balaban J connectivity index is 1.38. The lowest BCUT2D eigenvalue weighted by molar-refractivity contribution is 0.0756. The van der Waals surface area contributed by atoms with Crippen molar-refractivity contribution in [2.75, 3.05) is 26.2 Å². The fourth-order valence-corrected chi connectivity index (χ4v) is 4.37. The van der Waals surface area contributed by atoms with Crippen LogP contribution in [0.25, 0.3) is 10.6 Å². The maximum atomic E-state index is 13.1. The summed E-state index contributed by atoms with van der Waals surface area (Å²) in [5.74, 6) is -0.243. The molecule has 0 radical (unpaired) electrons. The van der Waals surface area contributed by atoms with Gasteiger partial charge in [-0.25, -0.2) is 9.37 Å². The molecular weight excluding hydrogens is 409 g/mol. The summed E-state index contributed by atoms with van der Waals surface area (Å²) < 4.78 is 13.1. The molecule has 0 bridgehead atoms. The molecule has 0 spiro atoms. The lowest BCUT2D eigenvalue weighted by Crippen LogP contribution is -2.35. The molecular formula is C22H21ClFN3OS. The van der Waals surface area contributed by atoms with Crippen LogP contribution < -0.4 is 0 Å². The first-order chi connectivity index (χ1) is 14.1. The van der Waals surface area contributed by atoms with Gasteiger partial charge in [0.15, 0.2) is 0 Å². The fourth-order valence-electron chi connectivity index (χ4n) is 3.44. The topological polar surface area (TPSA) is 36.4 Å². The van der Waals surface area contributed by atoms with Crippen molar-refractivity contribution in [2.24, 2.45) is 0 Å². The van der Waals surface area contributed by atoms with Gasteiger partial charge in [0, 0.05) is 48.7 Å². The molecule has 2 heterocycles. The molecule has 1 saturated heterocycles. The predicted molar refractivity (Wildman–Crippen MR) is 115 cm³/mol. The minimum Gasteiger partial charge on any atom is -0.336 e. The van der Waals surface area contributed by atoms with Gasteiger partial charge in [-0.15, -0.1) is 11.3 Å². The van der Waals surface area contributed by atoms with E-state index in [9.17, 15) is 9.18 Å². The predicted octanol–water partition coefficient (Wildman–Crippen LogP) is 4.95. The van der Waals surface area contributed by atoms with Gasteiger partial charge in [-0.05, 0) is 36.2 Å². The van der Waals surface area contributed by atoms with Crippen LogP contribution in [0.5, 0.6) is 0 Å². The van der Waals surface area contributed by atoms with Crippen LogP contribution >= 0.6 is 22.9 Å². The molecule has 150 valence electrons. The van der Waals surface area contributed by atoms with E-state index in [1.165, 1.54) is 23.5 Å². The third kappa shape index (κ3) is 5.01. The van der Waals surface area contributed by atoms with Crippen LogP contribution in [0.1, 0.15) is 22.5 Å². The minimum atomic E-state index is -0.220. The SMILES string of the molecule is O=C(c1csc(-c2ccc(Cl)cc2)n1)N1CCCN(Cc2ccc(F)cc2)CC1. The van der Waals surface area contributed by atoms with E-state index in [1.54, 1.807) is 0 Å². The third-order valence-corrected chi connectivity index (χ3v) is 6.15. The lowest BCUT2D eigenvalue weighted by Gasteiger charge is -2.21. The Morgan fingerprint density at radius 2 is 1.79 bits per heavy atom. The normalized spacial score (nSPS) is 15.3. The van der Waals surface area contributed by atoms with Crippen LogP contribution in [-0.2, 0) is 6.54 Å². The number of nitrogens with zero attached hydrogens (tertiary/aromatic N) is 3. The van der Waals surface area contributed by atoms with Gasteiger partial charge in [0.1, 0.15) is 16.5 Å². The summed E-state index contributed by atoms with van der Waals surface area (Å²) in [4.78, 5) is 21.7. The number of halogens is 2. The zero-order chi connectivity index (χ0) is 20.2. The van der Waals surface area contributed by atoms with Gasteiger partial charge in [-0.2, -0.15) is 0 Å². The Morgan fingerprint density at radius 1 is 1.03 bits per heavy atom. The molecule has 1 amide bonds. The first-order valence-corrected chi connectivity index (χ1v) is 10.8. The molecule has 0 unspecified atom stereocenters. The van der Waals surface area contributed by atoms with Gasteiger partial charge in [-0.3, -0.25) is 9.69 Å². The molecule has 29 heavy (non-hydrogen) atoms. The molecule has 1 aliphatic heterocycles. The van der Waals surface area contributed by atoms with Crippen molar-refractivity contribution >= 4 is 28.8 Å². The Labute approximate surface area is 178 Å². The van der Waals surface area contributed by atoms with Crippen molar-refractivity contribution in [2.45, 2.75) is 13.0 Å². The van der Waals surface area contributed by atoms with Crippen LogP contribution in [-0.4, -0.2) is 46.9 Å². The number of hydrogen-bond donors (Lipinski definition) is 0. The quantitative estimate of drug-likeness (QED) is 0.588. The van der Waals surface area contributed by atoms with Crippen molar-refractivity contribution in [1.82, 2.24) is 14.8 Å². The van der Waals surface area contributed by atoms with Gasteiger partial charge >= 0.3 is 0 Å². The number of rotatable bonds is 4. The second-order valence-corrected chi connectivity index (χ2v) is 8.39. The van der Waals surface area contributed by atoms with E-state index in [1.807, 2.05) is 46.7 Å². The molecule has 1 aromatic heterocycles. The number of hydrogen-bond acceptors (Lipinski definition) is 4. The van der Waals surface area contributed by atoms with Crippen LogP contribution in [0.15, 0.2) is 53.9 Å². The highest BCUT2D eigenvalue weighted by Crippen LogP contribution is 2.26. The van der Waals surface area contributed by atoms with E-state index in [2.05, 4.69) is 9.88 Å². The molecule has 1 aliphatic rings. The average molecular weight is 430 g/mol. The van der Waals surface area contributed by atoms with Gasteiger partial charge < -0.3 is 4.90 Å². The summed E-state index contributed by atoms with van der Waals surface area (Å²) in [6.07, 6.45) is 0.904. The number of aromatic nitrogens is 1. The molecule has 3 aromatic rings. The third-order valence-electron chi connectivity index (χ3n) is 5.01. The lowest BCUT2D eigenvalue weighted by atomic mass is 10.2. The van der Waals surface area contributed by atoms with Crippen LogP contribution in [0, 0.1) is 5.82 Å². The second kappa shape index (κ2) is 9.03. The molecule has 1 fully saturated rings. The Hall–Kier alpha value is -2.28. The van der Waals surface area contributed by atoms with Crippen molar-refractivity contribution in [3.63, 3.8) is 0 Å². The van der Waals surface area contributed by atoms with Gasteiger partial charge in [0.25, 0.3) is 5.91 Å². The largest absolute Gasteiger partial charge is 0.336 e. The maximum Gasteiger partial charge on any atom is 0.273 e. The standard InChI is InChI=1S/C22H21ClFN3OS/c23-18-6-4-17(5-7-18)21-25-20(15-29-21)22(28)27-11-1-10-26(12-13-27)14-16-2-8-19(24)9-3-16/h2-9,15H,1,10-14H2. The van der Waals surface area contributed by atoms with E-state index in [4.69, 9.17) is 11.6 Å². The summed E-state index contributed by atoms with van der Waals surface area (Å²) in [6, 6.07) is 14.1. The highest BCUT2D eigenvalue weighted by Gasteiger charge is 2.22. The molecule has 0 N–H and O–H groups in total. The van der Waals surface area contributed by atoms with Crippen LogP contribution in [0.4, 0.5) is 4.39 Å². The van der Waals surface area contributed by atoms with Crippen molar-refractivity contribution in [3.05, 3.63) is 76.0 Å². The monoisotopic (exact) mass is 429 g/mol. The molecule has 2 aromatic carbocycles. The van der Waals surface area contributed by atoms with E-state index in [0.717, 1.165) is 42.2 Å². The number of carbonyl (C=O) groups excluding carboxylic acids is 1. The van der Waals surface area contributed by atoms with Crippen LogP contribution in [0.3, 0.4) is 0 Å². The van der Waals surface area contributed by atoms with Crippen molar-refractivity contribution in [1.29, 1.82) is 0 Å². The zero-order valence-electron chi connectivity index (χ0n) is 15.9. The molecule has 4 rings (SSSR count). The number of carbonyl (C=O) groups is 1. The number of thiazole rings is 1. The maximum absolute atomic E-state index is 13.1. The minimum absolute atomic E-state index is 0.0231. The van der Waals surface area contributed by atoms with E-state index in [-0.39, 0.29) is 11.7 Å². The Kier molecular flexibility index (Phi) is 6.23. The molecule has 7 heteroatoms. The highest BCUT2D eigenvalue weighted by atomic mass is 35.5. The Bertz CT molecular complexity index is 974. The average Bonchev–Trinajstić information content (AvgIpc) is 3.10. The van der Waals surface area contributed by atoms with E-state index in [0.29, 0.717) is 23.8 Å². The van der Waals surface area contributed by atoms with E-state index < -0.39 is 0 Å². The smallest absolute Gasteiger partial charge is 0.273 e. The Morgan fingerprint density at radius 3 is 2.55 bits per heavy atom. The van der Waals surface area contributed by atoms with Crippen LogP contribution in [0.2, 0.25) is 5.02 Å². The first kappa shape index (κ1) is 20.0. The van der Waals surface area contributed by atoms with Crippen molar-refractivity contribution < 1.29 is 9.18 Å². The fraction of sp³-hybridized carbons (Fsp3) is 0.273. The first-order valence-electron chi connectivity index (χ1n) is 9.56. The number of benzene rings is 2. The summed E-state index contributed by atoms with van der Waals surface area (Å²) >= 11 is 7.41. The van der Waals surface area contributed by atoms with Gasteiger partial charge in [0.05, 0.1) is 0 Å². The highest BCUT2D eigenvalue weighted by molar-refractivity contribution is 7.13. The second-order valence-electron chi connectivity index (χ2n) is 7.09. The summed E-state index contributed by atoms with van der Waals surface area (Å²) in [5.41, 5.74) is 2.53.